The molecular weight excluding hydrogens is 316 g/mol. The topological polar surface area (TPSA) is 68.0 Å². The Morgan fingerprint density at radius 2 is 2.16 bits per heavy atom. The van der Waals surface area contributed by atoms with Crippen molar-refractivity contribution in [2.24, 2.45) is 7.05 Å². The standard InChI is InChI=1S/C18H26N6O/c1-13(17-21-20-16-9-3-4-11-24(16)17)19-18(25)23-12-6-8-15(23)14-7-5-10-22(14)2/h5,7,10,13,15H,3-4,6,8-9,11-12H2,1-2H3,(H,19,25). The molecule has 0 aliphatic carbocycles. The predicted molar refractivity (Wildman–Crippen MR) is 94.0 cm³/mol. The van der Waals surface area contributed by atoms with Crippen LogP contribution >= 0.6 is 0 Å². The molecule has 134 valence electrons. The van der Waals surface area contributed by atoms with E-state index in [1.165, 1.54) is 12.1 Å². The molecule has 2 aromatic rings. The maximum absolute atomic E-state index is 12.9. The van der Waals surface area contributed by atoms with Gasteiger partial charge < -0.3 is 19.4 Å². The van der Waals surface area contributed by atoms with E-state index in [0.717, 1.165) is 50.4 Å². The first-order valence-electron chi connectivity index (χ1n) is 9.25. The summed E-state index contributed by atoms with van der Waals surface area (Å²) in [6.45, 7) is 3.75. The van der Waals surface area contributed by atoms with Gasteiger partial charge in [0.05, 0.1) is 12.1 Å². The smallest absolute Gasteiger partial charge is 0.318 e. The molecule has 4 rings (SSSR count). The van der Waals surface area contributed by atoms with Crippen LogP contribution < -0.4 is 5.32 Å². The van der Waals surface area contributed by atoms with Gasteiger partial charge in [-0.2, -0.15) is 0 Å². The number of hydrogen-bond donors (Lipinski definition) is 1. The van der Waals surface area contributed by atoms with Gasteiger partial charge in [-0.15, -0.1) is 10.2 Å². The Labute approximate surface area is 148 Å². The minimum atomic E-state index is -0.137. The number of aromatic nitrogens is 4. The number of nitrogens with zero attached hydrogens (tertiary/aromatic N) is 5. The summed E-state index contributed by atoms with van der Waals surface area (Å²) in [5.41, 5.74) is 1.19. The number of likely N-dealkylation sites (tertiary alicyclic amines) is 1. The number of amides is 2. The van der Waals surface area contributed by atoms with Crippen molar-refractivity contribution in [2.45, 2.75) is 57.7 Å². The van der Waals surface area contributed by atoms with Crippen LogP contribution in [0.25, 0.3) is 0 Å². The highest BCUT2D eigenvalue weighted by atomic mass is 16.2. The minimum absolute atomic E-state index is 0.00985. The van der Waals surface area contributed by atoms with Crippen molar-refractivity contribution in [3.8, 4) is 0 Å². The second kappa shape index (κ2) is 6.54. The SMILES string of the molecule is CC(NC(=O)N1CCCC1c1cccn1C)c1nnc2n1CCCC2. The lowest BCUT2D eigenvalue weighted by Gasteiger charge is -2.27. The average Bonchev–Trinajstić information content (AvgIpc) is 3.33. The van der Waals surface area contributed by atoms with Crippen LogP contribution in [0.1, 0.15) is 62.0 Å². The minimum Gasteiger partial charge on any atom is -0.353 e. The monoisotopic (exact) mass is 342 g/mol. The van der Waals surface area contributed by atoms with E-state index >= 15 is 0 Å². The van der Waals surface area contributed by atoms with Crippen LogP contribution in [0, 0.1) is 0 Å². The van der Waals surface area contributed by atoms with Crippen LogP contribution in [0.4, 0.5) is 4.79 Å². The van der Waals surface area contributed by atoms with Crippen LogP contribution in [0.15, 0.2) is 18.3 Å². The molecular formula is C18H26N6O. The van der Waals surface area contributed by atoms with E-state index in [4.69, 9.17) is 0 Å². The molecule has 2 aliphatic heterocycles. The van der Waals surface area contributed by atoms with Gasteiger partial charge in [-0.3, -0.25) is 0 Å². The molecule has 4 heterocycles. The summed E-state index contributed by atoms with van der Waals surface area (Å²) in [7, 11) is 2.04. The van der Waals surface area contributed by atoms with Crippen LogP contribution in [-0.4, -0.2) is 36.8 Å². The van der Waals surface area contributed by atoms with Crippen LogP contribution in [0.2, 0.25) is 0 Å². The molecule has 2 aliphatic rings. The summed E-state index contributed by atoms with van der Waals surface area (Å²) in [5, 5.41) is 11.8. The Morgan fingerprint density at radius 3 is 2.96 bits per heavy atom. The molecule has 2 unspecified atom stereocenters. The van der Waals surface area contributed by atoms with E-state index in [-0.39, 0.29) is 18.1 Å². The maximum atomic E-state index is 12.9. The first kappa shape index (κ1) is 16.2. The predicted octanol–water partition coefficient (Wildman–Crippen LogP) is 2.56. The largest absolute Gasteiger partial charge is 0.353 e. The van der Waals surface area contributed by atoms with Crippen molar-refractivity contribution in [3.05, 3.63) is 35.7 Å². The van der Waals surface area contributed by atoms with E-state index in [9.17, 15) is 4.79 Å². The zero-order valence-electron chi connectivity index (χ0n) is 15.0. The van der Waals surface area contributed by atoms with Crippen molar-refractivity contribution in [2.75, 3.05) is 6.54 Å². The van der Waals surface area contributed by atoms with Crippen LogP contribution in [0.5, 0.6) is 0 Å². The first-order valence-corrected chi connectivity index (χ1v) is 9.25. The first-order chi connectivity index (χ1) is 12.1. The van der Waals surface area contributed by atoms with Gasteiger partial charge in [0, 0.05) is 38.4 Å². The van der Waals surface area contributed by atoms with Crippen molar-refractivity contribution < 1.29 is 4.79 Å². The van der Waals surface area contributed by atoms with Gasteiger partial charge in [0.15, 0.2) is 5.82 Å². The summed E-state index contributed by atoms with van der Waals surface area (Å²) in [5.74, 6) is 1.92. The second-order valence-corrected chi connectivity index (χ2v) is 7.15. The van der Waals surface area contributed by atoms with Crippen molar-refractivity contribution in [3.63, 3.8) is 0 Å². The Morgan fingerprint density at radius 1 is 1.28 bits per heavy atom. The van der Waals surface area contributed by atoms with Crippen molar-refractivity contribution in [1.29, 1.82) is 0 Å². The normalized spacial score (nSPS) is 21.2. The van der Waals surface area contributed by atoms with Gasteiger partial charge in [0.1, 0.15) is 5.82 Å². The van der Waals surface area contributed by atoms with E-state index in [2.05, 4.69) is 30.7 Å². The number of urea groups is 1. The van der Waals surface area contributed by atoms with Gasteiger partial charge >= 0.3 is 6.03 Å². The number of fused-ring (bicyclic) bond motifs is 1. The number of carbonyl (C=O) groups is 1. The van der Waals surface area contributed by atoms with E-state index in [1.54, 1.807) is 0 Å². The third kappa shape index (κ3) is 2.92. The van der Waals surface area contributed by atoms with Crippen molar-refractivity contribution in [1.82, 2.24) is 29.5 Å². The van der Waals surface area contributed by atoms with E-state index in [1.807, 2.05) is 31.1 Å². The number of nitrogens with one attached hydrogen (secondary N) is 1. The number of rotatable bonds is 3. The average molecular weight is 342 g/mol. The van der Waals surface area contributed by atoms with Crippen LogP contribution in [-0.2, 0) is 20.0 Å². The second-order valence-electron chi connectivity index (χ2n) is 7.15. The Hall–Kier alpha value is -2.31. The van der Waals surface area contributed by atoms with Gasteiger partial charge in [-0.05, 0) is 44.7 Å². The molecule has 2 aromatic heterocycles. The van der Waals surface area contributed by atoms with Crippen molar-refractivity contribution >= 4 is 6.03 Å². The zero-order valence-corrected chi connectivity index (χ0v) is 15.0. The lowest BCUT2D eigenvalue weighted by atomic mass is 10.1. The quantitative estimate of drug-likeness (QED) is 0.932. The molecule has 0 aromatic carbocycles. The summed E-state index contributed by atoms with van der Waals surface area (Å²) >= 11 is 0. The molecule has 1 fully saturated rings. The van der Waals surface area contributed by atoms with E-state index < -0.39 is 0 Å². The molecule has 7 nitrogen and oxygen atoms in total. The zero-order chi connectivity index (χ0) is 17.4. The summed E-state index contributed by atoms with van der Waals surface area (Å²) in [6, 6.07) is 4.15. The third-order valence-corrected chi connectivity index (χ3v) is 5.45. The van der Waals surface area contributed by atoms with Gasteiger partial charge in [0.25, 0.3) is 0 Å². The van der Waals surface area contributed by atoms with Gasteiger partial charge in [0.2, 0.25) is 0 Å². The molecule has 7 heteroatoms. The molecule has 2 atom stereocenters. The van der Waals surface area contributed by atoms with E-state index in [0.29, 0.717) is 0 Å². The Balaban J connectivity index is 1.48. The summed E-state index contributed by atoms with van der Waals surface area (Å²) in [4.78, 5) is 14.8. The Kier molecular flexibility index (Phi) is 4.23. The number of aryl methyl sites for hydroxylation is 2. The fourth-order valence-corrected chi connectivity index (χ4v) is 4.12. The van der Waals surface area contributed by atoms with Crippen LogP contribution in [0.3, 0.4) is 0 Å². The lowest BCUT2D eigenvalue weighted by Crippen LogP contribution is -2.41. The molecule has 0 bridgehead atoms. The third-order valence-electron chi connectivity index (χ3n) is 5.45. The fraction of sp³-hybridized carbons (Fsp3) is 0.611. The number of carbonyl (C=O) groups excluding carboxylic acids is 1. The molecule has 1 saturated heterocycles. The molecule has 0 spiro atoms. The highest BCUT2D eigenvalue weighted by Crippen LogP contribution is 2.32. The van der Waals surface area contributed by atoms with Gasteiger partial charge in [-0.25, -0.2) is 4.79 Å². The molecule has 0 radical (unpaired) electrons. The molecule has 1 N–H and O–H groups in total. The summed E-state index contributed by atoms with van der Waals surface area (Å²) in [6.07, 6.45) is 7.40. The Bertz CT molecular complexity index is 763. The lowest BCUT2D eigenvalue weighted by molar-refractivity contribution is 0.187. The maximum Gasteiger partial charge on any atom is 0.318 e. The highest BCUT2D eigenvalue weighted by Gasteiger charge is 2.32. The molecule has 2 amide bonds. The molecule has 25 heavy (non-hydrogen) atoms. The fourth-order valence-electron chi connectivity index (χ4n) is 4.12. The molecule has 0 saturated carbocycles. The van der Waals surface area contributed by atoms with Gasteiger partial charge in [-0.1, -0.05) is 0 Å². The summed E-state index contributed by atoms with van der Waals surface area (Å²) < 4.78 is 4.28. The number of hydrogen-bond acceptors (Lipinski definition) is 3. The highest BCUT2D eigenvalue weighted by molar-refractivity contribution is 5.75.